The first-order chi connectivity index (χ1) is 30.8. The van der Waals surface area contributed by atoms with Crippen LogP contribution in [-0.4, -0.2) is 101 Å². The summed E-state index contributed by atoms with van der Waals surface area (Å²) in [4.78, 5) is 51.2. The summed E-state index contributed by atoms with van der Waals surface area (Å²) in [6.07, 6.45) is 3.11. The number of carbonyl (C=O) groups is 4. The van der Waals surface area contributed by atoms with E-state index in [2.05, 4.69) is 74.6 Å². The monoisotopic (exact) mass is 946 g/mol. The van der Waals surface area contributed by atoms with Crippen LogP contribution in [0.2, 0.25) is 5.04 Å². The maximum Gasteiger partial charge on any atom is 0.333 e. The molecule has 0 spiro atoms. The second-order valence-corrected chi connectivity index (χ2v) is 23.5. The number of nitrogens with zero attached hydrogens (tertiary/aromatic N) is 1. The molecular formula is C51H70N2O11SSi. The topological polar surface area (TPSA) is 164 Å². The van der Waals surface area contributed by atoms with Crippen molar-refractivity contribution in [3.05, 3.63) is 114 Å². The van der Waals surface area contributed by atoms with Crippen molar-refractivity contribution in [3.63, 3.8) is 0 Å². The third-order valence-electron chi connectivity index (χ3n) is 12.0. The molecule has 1 heterocycles. The molecule has 15 heteroatoms. The molecule has 0 bridgehead atoms. The Morgan fingerprint density at radius 3 is 1.71 bits per heavy atom. The van der Waals surface area contributed by atoms with Crippen molar-refractivity contribution >= 4 is 52.6 Å². The average molecular weight is 947 g/mol. The Morgan fingerprint density at radius 1 is 0.758 bits per heavy atom. The minimum atomic E-state index is -4.16. The van der Waals surface area contributed by atoms with Crippen molar-refractivity contribution in [1.29, 1.82) is 0 Å². The number of aryl methyl sites for hydroxylation is 1. The summed E-state index contributed by atoms with van der Waals surface area (Å²) >= 11 is 0. The number of carbonyl (C=O) groups excluding carboxylic acids is 4. The van der Waals surface area contributed by atoms with E-state index < -0.39 is 42.7 Å². The summed E-state index contributed by atoms with van der Waals surface area (Å²) in [5.41, 5.74) is 1.77. The van der Waals surface area contributed by atoms with E-state index in [-0.39, 0.29) is 78.0 Å². The lowest BCUT2D eigenvalue weighted by Gasteiger charge is -2.45. The van der Waals surface area contributed by atoms with Gasteiger partial charge in [-0.3, -0.25) is 13.8 Å². The lowest BCUT2D eigenvalue weighted by molar-refractivity contribution is -0.140. The maximum absolute atomic E-state index is 13.0. The first-order valence-corrected chi connectivity index (χ1v) is 25.9. The summed E-state index contributed by atoms with van der Waals surface area (Å²) in [5.74, 6) is -1.24. The zero-order valence-electron chi connectivity index (χ0n) is 39.4. The molecule has 360 valence electrons. The van der Waals surface area contributed by atoms with Gasteiger partial charge in [-0.1, -0.05) is 120 Å². The third kappa shape index (κ3) is 12.5. The van der Waals surface area contributed by atoms with Gasteiger partial charge in [0.1, 0.15) is 6.10 Å². The molecule has 3 aliphatic rings. The van der Waals surface area contributed by atoms with Crippen LogP contribution in [-0.2, 0) is 52.1 Å². The Hall–Kier alpha value is -4.93. The number of benzene rings is 3. The van der Waals surface area contributed by atoms with Crippen LogP contribution in [0.3, 0.4) is 0 Å². The number of amides is 2. The fourth-order valence-corrected chi connectivity index (χ4v) is 14.6. The molecule has 0 radical (unpaired) electrons. The second kappa shape index (κ2) is 23.2. The van der Waals surface area contributed by atoms with E-state index in [0.29, 0.717) is 18.6 Å². The lowest BCUT2D eigenvalue weighted by Crippen LogP contribution is -2.68. The van der Waals surface area contributed by atoms with Crippen molar-refractivity contribution in [2.24, 2.45) is 0 Å². The van der Waals surface area contributed by atoms with E-state index in [0.717, 1.165) is 18.4 Å². The lowest BCUT2D eigenvalue weighted by atomic mass is 9.89. The van der Waals surface area contributed by atoms with Gasteiger partial charge in [-0.25, -0.2) is 9.59 Å². The third-order valence-corrected chi connectivity index (χ3v) is 18.4. The minimum absolute atomic E-state index is 0. The highest BCUT2D eigenvalue weighted by Gasteiger charge is 2.60. The average Bonchev–Trinajstić information content (AvgIpc) is 4.01. The quantitative estimate of drug-likeness (QED) is 0.0675. The summed E-state index contributed by atoms with van der Waals surface area (Å²) in [6.45, 7) is 19.4. The number of hydrogen-bond donors (Lipinski definition) is 1. The Bertz CT molecular complexity index is 2250. The highest BCUT2D eigenvalue weighted by molar-refractivity contribution is 7.86. The number of esters is 2. The molecule has 2 amide bonds. The summed E-state index contributed by atoms with van der Waals surface area (Å²) in [5, 5.41) is 4.94. The Kier molecular flexibility index (Phi) is 18.9. The van der Waals surface area contributed by atoms with Gasteiger partial charge < -0.3 is 28.9 Å². The Balaban J connectivity index is 0.000000284. The van der Waals surface area contributed by atoms with E-state index in [1.54, 1.807) is 39.0 Å². The normalized spacial score (nSPS) is 21.4. The highest BCUT2D eigenvalue weighted by atomic mass is 32.2. The molecule has 2 aliphatic carbocycles. The van der Waals surface area contributed by atoms with Crippen molar-refractivity contribution in [2.45, 2.75) is 155 Å². The largest absolute Gasteiger partial charge is 0.463 e. The predicted molar refractivity (Wildman–Crippen MR) is 258 cm³/mol. The van der Waals surface area contributed by atoms with Crippen LogP contribution in [0, 0.1) is 6.92 Å². The van der Waals surface area contributed by atoms with Gasteiger partial charge >= 0.3 is 11.9 Å². The zero-order chi connectivity index (χ0) is 47.7. The molecular weight excluding hydrogens is 877 g/mol. The summed E-state index contributed by atoms with van der Waals surface area (Å²) < 4.78 is 55.4. The Labute approximate surface area is 393 Å². The molecule has 13 nitrogen and oxygen atoms in total. The predicted octanol–water partition coefficient (Wildman–Crippen LogP) is 7.10. The van der Waals surface area contributed by atoms with Gasteiger partial charge in [0.05, 0.1) is 54.5 Å². The van der Waals surface area contributed by atoms with Gasteiger partial charge in [0.25, 0.3) is 18.4 Å². The van der Waals surface area contributed by atoms with Gasteiger partial charge in [-0.2, -0.15) is 8.42 Å². The van der Waals surface area contributed by atoms with Crippen LogP contribution >= 0.6 is 0 Å². The molecule has 0 saturated carbocycles. The fourth-order valence-electron chi connectivity index (χ4n) is 8.84. The van der Waals surface area contributed by atoms with Crippen LogP contribution in [0.1, 0.15) is 101 Å². The second-order valence-electron chi connectivity index (χ2n) is 17.6. The van der Waals surface area contributed by atoms with Gasteiger partial charge in [-0.15, -0.1) is 0 Å². The Morgan fingerprint density at radius 2 is 1.26 bits per heavy atom. The maximum atomic E-state index is 13.0. The van der Waals surface area contributed by atoms with E-state index in [1.807, 2.05) is 43.9 Å². The molecule has 1 saturated heterocycles. The molecule has 0 aromatic heterocycles. The molecule has 6 rings (SSSR count). The van der Waals surface area contributed by atoms with Crippen molar-refractivity contribution < 1.29 is 50.4 Å². The molecule has 3 aromatic carbocycles. The zero-order valence-corrected chi connectivity index (χ0v) is 41.2. The number of fused-ring (bicyclic) bond motifs is 1. The SMILES string of the molecule is C.CCOC(=O)C1=CC2[C@@H]([C@H](O[Si](c3ccccc3)(c3ccccc3)C(C)(C)C)C1)N2C(C)=O.CCOC(=O)C1=C[C@@H](OC(CC)CC)[C@H](NC(C)=O)[C@H](OS(=O)(=O)c2ccc(C)cc2)C1. The molecule has 1 N–H and O–H groups in total. The minimum Gasteiger partial charge on any atom is -0.463 e. The van der Waals surface area contributed by atoms with Crippen LogP contribution in [0.15, 0.2) is 113 Å². The van der Waals surface area contributed by atoms with Gasteiger partial charge in [-0.05, 0) is 73.3 Å². The smallest absolute Gasteiger partial charge is 0.333 e. The van der Waals surface area contributed by atoms with E-state index in [4.69, 9.17) is 22.8 Å². The summed E-state index contributed by atoms with van der Waals surface area (Å²) in [6, 6.07) is 26.2. The molecule has 3 aromatic rings. The first-order valence-electron chi connectivity index (χ1n) is 22.6. The molecule has 66 heavy (non-hydrogen) atoms. The van der Waals surface area contributed by atoms with Crippen molar-refractivity contribution in [3.8, 4) is 0 Å². The van der Waals surface area contributed by atoms with Crippen LogP contribution in [0.4, 0.5) is 0 Å². The number of ether oxygens (including phenoxy) is 3. The number of nitrogens with one attached hydrogen (secondary N) is 1. The van der Waals surface area contributed by atoms with Crippen molar-refractivity contribution in [1.82, 2.24) is 10.2 Å². The first kappa shape index (κ1) is 53.7. The number of rotatable bonds is 16. The fraction of sp³-hybridized carbons (Fsp3) is 0.490. The van der Waals surface area contributed by atoms with Gasteiger partial charge in [0.2, 0.25) is 11.8 Å². The van der Waals surface area contributed by atoms with E-state index in [9.17, 15) is 27.6 Å². The summed E-state index contributed by atoms with van der Waals surface area (Å²) in [7, 11) is -6.97. The molecule has 1 unspecified atom stereocenters. The van der Waals surface area contributed by atoms with Gasteiger partial charge in [0.15, 0.2) is 0 Å². The van der Waals surface area contributed by atoms with E-state index >= 15 is 0 Å². The van der Waals surface area contributed by atoms with Crippen LogP contribution in [0.5, 0.6) is 0 Å². The molecule has 1 aliphatic heterocycles. The number of hydrogen-bond acceptors (Lipinski definition) is 11. The van der Waals surface area contributed by atoms with E-state index in [1.165, 1.54) is 29.4 Å². The van der Waals surface area contributed by atoms with Crippen molar-refractivity contribution in [2.75, 3.05) is 13.2 Å². The molecule has 6 atom stereocenters. The standard InChI is InChI=1S/C27H33NO4Si.C23H33NO7S.CH4/c1-6-31-26(30)20-17-23-25(28(23)19(2)29)24(18-20)32-33(27(3,4)5,21-13-9-7-10-14-21)22-15-11-8-12-16-22;1-6-18(7-2)30-20-13-17(23(26)29-8-3)14-21(22(20)24-16(5)25)31-32(27,28)19-11-9-15(4)10-12-19;/h7-17,23-25H,6,18H2,1-5H3;9-13,18,20-22H,6-8,14H2,1-5H3,(H,24,25);1H4/t23?,24-,25+,28?;20-,21-,22+;/m11./s1. The molecule has 1 fully saturated rings. The highest BCUT2D eigenvalue weighted by Crippen LogP contribution is 2.45. The van der Waals surface area contributed by atoms with Crippen LogP contribution < -0.4 is 15.7 Å². The van der Waals surface area contributed by atoms with Crippen LogP contribution in [0.25, 0.3) is 0 Å². The van der Waals surface area contributed by atoms with Gasteiger partial charge in [0, 0.05) is 37.8 Å².